The van der Waals surface area contributed by atoms with Crippen LogP contribution in [0.15, 0.2) is 0 Å². The van der Waals surface area contributed by atoms with E-state index in [0.29, 0.717) is 19.6 Å². The first kappa shape index (κ1) is 14.2. The highest BCUT2D eigenvalue weighted by Gasteiger charge is 2.13. The fraction of sp³-hybridized carbons (Fsp3) is 0.889. The summed E-state index contributed by atoms with van der Waals surface area (Å²) in [5.41, 5.74) is 0. The van der Waals surface area contributed by atoms with Crippen LogP contribution in [0, 0.1) is 0 Å². The van der Waals surface area contributed by atoms with Crippen LogP contribution >= 0.6 is 0 Å². The first-order valence-electron chi connectivity index (χ1n) is 4.86. The maximum absolute atomic E-state index is 11.8. The van der Waals surface area contributed by atoms with E-state index in [-0.39, 0.29) is 5.91 Å². The lowest BCUT2D eigenvalue weighted by Crippen LogP contribution is -2.44. The van der Waals surface area contributed by atoms with Crippen LogP contribution in [0.1, 0.15) is 13.3 Å². The Labute approximate surface area is 88.4 Å². The fourth-order valence-corrected chi connectivity index (χ4v) is 0.940. The van der Waals surface area contributed by atoms with Crippen molar-refractivity contribution in [2.24, 2.45) is 0 Å². The molecule has 90 valence electrons. The maximum Gasteiger partial charge on any atom is 0.250 e. The smallest absolute Gasteiger partial charge is 0.250 e. The Balaban J connectivity index is 3.51. The van der Waals surface area contributed by atoms with E-state index < -0.39 is 19.0 Å². The number of halogens is 2. The lowest BCUT2D eigenvalue weighted by molar-refractivity contribution is -0.122. The van der Waals surface area contributed by atoms with E-state index in [4.69, 9.17) is 4.74 Å². The second kappa shape index (κ2) is 8.55. The molecule has 0 aromatic carbocycles. The zero-order chi connectivity index (χ0) is 11.7. The molecule has 0 saturated heterocycles. The number of amides is 1. The first-order valence-corrected chi connectivity index (χ1v) is 4.86. The summed E-state index contributed by atoms with van der Waals surface area (Å²) in [6.07, 6.45) is -1.72. The van der Waals surface area contributed by atoms with Gasteiger partial charge in [-0.1, -0.05) is 0 Å². The average Bonchev–Trinajstić information content (AvgIpc) is 2.20. The van der Waals surface area contributed by atoms with Gasteiger partial charge in [-0.2, -0.15) is 0 Å². The van der Waals surface area contributed by atoms with E-state index in [1.165, 1.54) is 0 Å². The van der Waals surface area contributed by atoms with E-state index in [0.717, 1.165) is 0 Å². The highest BCUT2D eigenvalue weighted by Crippen LogP contribution is 1.90. The molecule has 1 amide bonds. The van der Waals surface area contributed by atoms with Gasteiger partial charge in [0.15, 0.2) is 0 Å². The Kier molecular flexibility index (Phi) is 8.12. The number of alkyl halides is 2. The van der Waals surface area contributed by atoms with Crippen molar-refractivity contribution in [2.45, 2.75) is 25.8 Å². The number of carbonyl (C=O) groups excluding carboxylic acids is 1. The molecule has 2 N–H and O–H groups in total. The van der Waals surface area contributed by atoms with Crippen molar-refractivity contribution in [3.8, 4) is 0 Å². The highest BCUT2D eigenvalue weighted by atomic mass is 19.3. The average molecular weight is 224 g/mol. The predicted octanol–water partition coefficient (Wildman–Crippen LogP) is 0.382. The zero-order valence-electron chi connectivity index (χ0n) is 9.06. The molecular formula is C9H18F2N2O2. The molecule has 0 saturated carbocycles. The van der Waals surface area contributed by atoms with Crippen LogP contribution in [0.2, 0.25) is 0 Å². The van der Waals surface area contributed by atoms with Gasteiger partial charge in [-0.15, -0.1) is 0 Å². The van der Waals surface area contributed by atoms with Gasteiger partial charge in [-0.25, -0.2) is 8.78 Å². The molecule has 0 fully saturated rings. The molecule has 0 radical (unpaired) electrons. The minimum Gasteiger partial charge on any atom is -0.385 e. The Bertz CT molecular complexity index is 179. The summed E-state index contributed by atoms with van der Waals surface area (Å²) in [6.45, 7) is 2.15. The number of hydrogen-bond acceptors (Lipinski definition) is 3. The zero-order valence-corrected chi connectivity index (χ0v) is 9.06. The molecule has 4 nitrogen and oxygen atoms in total. The highest BCUT2D eigenvalue weighted by molar-refractivity contribution is 5.81. The van der Waals surface area contributed by atoms with Gasteiger partial charge in [0.25, 0.3) is 6.43 Å². The molecule has 15 heavy (non-hydrogen) atoms. The van der Waals surface area contributed by atoms with Gasteiger partial charge in [0, 0.05) is 20.3 Å². The summed E-state index contributed by atoms with van der Waals surface area (Å²) in [5.74, 6) is -0.272. The van der Waals surface area contributed by atoms with Gasteiger partial charge in [-0.05, 0) is 13.3 Å². The minimum absolute atomic E-state index is 0.272. The number of nitrogens with one attached hydrogen (secondary N) is 2. The van der Waals surface area contributed by atoms with E-state index in [2.05, 4.69) is 10.6 Å². The van der Waals surface area contributed by atoms with Gasteiger partial charge in [0.2, 0.25) is 5.91 Å². The predicted molar refractivity (Wildman–Crippen MR) is 53.0 cm³/mol. The van der Waals surface area contributed by atoms with Gasteiger partial charge in [-0.3, -0.25) is 4.79 Å². The number of rotatable bonds is 8. The molecule has 0 aliphatic carbocycles. The van der Waals surface area contributed by atoms with Crippen molar-refractivity contribution >= 4 is 5.91 Å². The van der Waals surface area contributed by atoms with Crippen molar-refractivity contribution in [3.63, 3.8) is 0 Å². The van der Waals surface area contributed by atoms with Crippen LogP contribution < -0.4 is 10.6 Å². The van der Waals surface area contributed by atoms with Crippen molar-refractivity contribution in [3.05, 3.63) is 0 Å². The van der Waals surface area contributed by atoms with E-state index in [1.807, 2.05) is 0 Å². The molecule has 0 heterocycles. The molecule has 0 spiro atoms. The summed E-state index contributed by atoms with van der Waals surface area (Å²) >= 11 is 0. The van der Waals surface area contributed by atoms with Crippen LogP contribution in [0.3, 0.4) is 0 Å². The SMILES string of the molecule is COCCCNC(=O)C(C)NCC(F)F. The summed E-state index contributed by atoms with van der Waals surface area (Å²) in [7, 11) is 1.58. The molecule has 0 aliphatic rings. The lowest BCUT2D eigenvalue weighted by atomic mass is 10.3. The third-order valence-corrected chi connectivity index (χ3v) is 1.80. The molecule has 0 aromatic rings. The largest absolute Gasteiger partial charge is 0.385 e. The third-order valence-electron chi connectivity index (χ3n) is 1.80. The number of ether oxygens (including phenoxy) is 1. The van der Waals surface area contributed by atoms with Crippen LogP contribution in [0.5, 0.6) is 0 Å². The standard InChI is InChI=1S/C9H18F2N2O2/c1-7(13-6-8(10)11)9(14)12-4-3-5-15-2/h7-8,13H,3-6H2,1-2H3,(H,12,14). The third kappa shape index (κ3) is 8.26. The van der Waals surface area contributed by atoms with Crippen molar-refractivity contribution in [1.82, 2.24) is 10.6 Å². The van der Waals surface area contributed by atoms with Crippen LogP contribution in [0.25, 0.3) is 0 Å². The fourth-order valence-electron chi connectivity index (χ4n) is 0.940. The summed E-state index contributed by atoms with van der Waals surface area (Å²) < 4.78 is 28.4. The lowest BCUT2D eigenvalue weighted by Gasteiger charge is -2.13. The summed E-state index contributed by atoms with van der Waals surface area (Å²) in [6, 6.07) is -0.596. The molecule has 6 heteroatoms. The molecule has 0 aromatic heterocycles. The topological polar surface area (TPSA) is 50.4 Å². The second-order valence-corrected chi connectivity index (χ2v) is 3.16. The Morgan fingerprint density at radius 2 is 2.13 bits per heavy atom. The number of methoxy groups -OCH3 is 1. The van der Waals surface area contributed by atoms with E-state index >= 15 is 0 Å². The van der Waals surface area contributed by atoms with E-state index in [9.17, 15) is 13.6 Å². The molecule has 0 aliphatic heterocycles. The van der Waals surface area contributed by atoms with Crippen molar-refractivity contribution < 1.29 is 18.3 Å². The van der Waals surface area contributed by atoms with Crippen LogP contribution in [-0.4, -0.2) is 45.2 Å². The summed E-state index contributed by atoms with van der Waals surface area (Å²) in [4.78, 5) is 11.3. The Hall–Kier alpha value is -0.750. The van der Waals surface area contributed by atoms with Crippen molar-refractivity contribution in [1.29, 1.82) is 0 Å². The van der Waals surface area contributed by atoms with Crippen LogP contribution in [0.4, 0.5) is 8.78 Å². The quantitative estimate of drug-likeness (QED) is 0.586. The Morgan fingerprint density at radius 3 is 2.67 bits per heavy atom. The van der Waals surface area contributed by atoms with E-state index in [1.54, 1.807) is 14.0 Å². The molecule has 0 bridgehead atoms. The molecular weight excluding hydrogens is 206 g/mol. The van der Waals surface area contributed by atoms with Gasteiger partial charge in [0.1, 0.15) is 0 Å². The normalized spacial score (nSPS) is 12.9. The van der Waals surface area contributed by atoms with Crippen LogP contribution in [-0.2, 0) is 9.53 Å². The monoisotopic (exact) mass is 224 g/mol. The maximum atomic E-state index is 11.8. The molecule has 1 unspecified atom stereocenters. The summed E-state index contributed by atoms with van der Waals surface area (Å²) in [5, 5.41) is 5.04. The molecule has 1 atom stereocenters. The van der Waals surface area contributed by atoms with Gasteiger partial charge >= 0.3 is 0 Å². The second-order valence-electron chi connectivity index (χ2n) is 3.16. The minimum atomic E-state index is -2.44. The van der Waals surface area contributed by atoms with Gasteiger partial charge in [0.05, 0.1) is 12.6 Å². The van der Waals surface area contributed by atoms with Gasteiger partial charge < -0.3 is 15.4 Å². The number of hydrogen-bond donors (Lipinski definition) is 2. The molecule has 0 rings (SSSR count). The number of carbonyl (C=O) groups is 1. The first-order chi connectivity index (χ1) is 7.07. The Morgan fingerprint density at radius 1 is 1.47 bits per heavy atom. The van der Waals surface area contributed by atoms with Crippen molar-refractivity contribution in [2.75, 3.05) is 26.8 Å².